The van der Waals surface area contributed by atoms with Gasteiger partial charge in [0.25, 0.3) is 0 Å². The van der Waals surface area contributed by atoms with Crippen LogP contribution in [0.3, 0.4) is 0 Å². The minimum atomic E-state index is -0.462. The number of esters is 1. The zero-order valence-electron chi connectivity index (χ0n) is 8.43. The molecule has 1 N–H and O–H groups in total. The summed E-state index contributed by atoms with van der Waals surface area (Å²) < 4.78 is 4.87. The van der Waals surface area contributed by atoms with Crippen molar-refractivity contribution in [3.05, 3.63) is 54.3 Å². The summed E-state index contributed by atoms with van der Waals surface area (Å²) in [6.45, 7) is 5.31. The number of allylic oxidation sites excluding steroid dienone is 2. The normalized spacial score (nSPS) is 10.9. The Balaban J connectivity index is 2.69. The van der Waals surface area contributed by atoms with Gasteiger partial charge in [-0.05, 0) is 36.8 Å². The maximum atomic E-state index is 11.4. The van der Waals surface area contributed by atoms with Gasteiger partial charge in [0, 0.05) is 0 Å². The summed E-state index contributed by atoms with van der Waals surface area (Å²) in [5.74, 6) is -0.347. The SMILES string of the molecule is C=CC(C)=COC(=O)c1ccc(O)cc1. The highest BCUT2D eigenvalue weighted by Gasteiger charge is 2.04. The van der Waals surface area contributed by atoms with E-state index in [2.05, 4.69) is 6.58 Å². The Bertz CT molecular complexity index is 388. The molecule has 0 aromatic heterocycles. The van der Waals surface area contributed by atoms with Crippen molar-refractivity contribution in [2.75, 3.05) is 0 Å². The highest BCUT2D eigenvalue weighted by molar-refractivity contribution is 5.89. The van der Waals surface area contributed by atoms with Gasteiger partial charge in [0.05, 0.1) is 11.8 Å². The molecule has 3 heteroatoms. The third-order valence-electron chi connectivity index (χ3n) is 1.78. The van der Waals surface area contributed by atoms with E-state index in [9.17, 15) is 4.79 Å². The average molecular weight is 204 g/mol. The Morgan fingerprint density at radius 2 is 2.00 bits per heavy atom. The van der Waals surface area contributed by atoms with Gasteiger partial charge >= 0.3 is 5.97 Å². The van der Waals surface area contributed by atoms with Gasteiger partial charge in [0.15, 0.2) is 0 Å². The van der Waals surface area contributed by atoms with Gasteiger partial charge in [0.1, 0.15) is 5.75 Å². The lowest BCUT2D eigenvalue weighted by molar-refractivity contribution is 0.0661. The molecule has 78 valence electrons. The Labute approximate surface area is 88.3 Å². The Hall–Kier alpha value is -2.03. The molecule has 0 amide bonds. The Morgan fingerprint density at radius 1 is 1.40 bits per heavy atom. The van der Waals surface area contributed by atoms with Crippen LogP contribution in [0.2, 0.25) is 0 Å². The molecule has 0 aliphatic carbocycles. The van der Waals surface area contributed by atoms with E-state index in [0.717, 1.165) is 5.57 Å². The maximum absolute atomic E-state index is 11.4. The van der Waals surface area contributed by atoms with Gasteiger partial charge in [-0.1, -0.05) is 12.7 Å². The maximum Gasteiger partial charge on any atom is 0.342 e. The molecule has 0 fully saturated rings. The Kier molecular flexibility index (Phi) is 3.68. The second-order valence-corrected chi connectivity index (χ2v) is 3.02. The number of phenolic OH excluding ortho intramolecular Hbond substituents is 1. The lowest BCUT2D eigenvalue weighted by Gasteiger charge is -2.00. The first-order valence-corrected chi connectivity index (χ1v) is 4.42. The summed E-state index contributed by atoms with van der Waals surface area (Å²) in [4.78, 5) is 11.4. The number of ether oxygens (including phenoxy) is 1. The van der Waals surface area contributed by atoms with Crippen LogP contribution in [0.1, 0.15) is 17.3 Å². The molecule has 0 aliphatic rings. The van der Waals surface area contributed by atoms with E-state index in [4.69, 9.17) is 9.84 Å². The second kappa shape index (κ2) is 5.00. The first-order chi connectivity index (χ1) is 7.13. The third kappa shape index (κ3) is 3.31. The molecule has 0 atom stereocenters. The lowest BCUT2D eigenvalue weighted by atomic mass is 10.2. The fourth-order valence-corrected chi connectivity index (χ4v) is 0.860. The van der Waals surface area contributed by atoms with Crippen molar-refractivity contribution >= 4 is 5.97 Å². The van der Waals surface area contributed by atoms with Crippen molar-refractivity contribution in [3.63, 3.8) is 0 Å². The molecule has 0 radical (unpaired) electrons. The number of hydrogen-bond donors (Lipinski definition) is 1. The van der Waals surface area contributed by atoms with Gasteiger partial charge in [-0.15, -0.1) is 0 Å². The van der Waals surface area contributed by atoms with Gasteiger partial charge < -0.3 is 9.84 Å². The van der Waals surface area contributed by atoms with Crippen molar-refractivity contribution in [3.8, 4) is 5.75 Å². The molecule has 1 aromatic rings. The van der Waals surface area contributed by atoms with Crippen molar-refractivity contribution in [2.45, 2.75) is 6.92 Å². The van der Waals surface area contributed by atoms with Crippen molar-refractivity contribution in [2.24, 2.45) is 0 Å². The Morgan fingerprint density at radius 3 is 2.53 bits per heavy atom. The van der Waals surface area contributed by atoms with Crippen LogP contribution >= 0.6 is 0 Å². The highest BCUT2D eigenvalue weighted by atomic mass is 16.5. The summed E-state index contributed by atoms with van der Waals surface area (Å²) >= 11 is 0. The predicted octanol–water partition coefficient (Wildman–Crippen LogP) is 2.64. The van der Waals surface area contributed by atoms with Crippen molar-refractivity contribution < 1.29 is 14.6 Å². The largest absolute Gasteiger partial charge is 0.508 e. The number of aromatic hydroxyl groups is 1. The van der Waals surface area contributed by atoms with Crippen LogP contribution in [0.5, 0.6) is 5.75 Å². The van der Waals surface area contributed by atoms with Crippen LogP contribution in [-0.2, 0) is 4.74 Å². The van der Waals surface area contributed by atoms with Crippen LogP contribution in [0, 0.1) is 0 Å². The van der Waals surface area contributed by atoms with Crippen LogP contribution < -0.4 is 0 Å². The van der Waals surface area contributed by atoms with Crippen LogP contribution in [0.15, 0.2) is 48.8 Å². The number of phenols is 1. The smallest absolute Gasteiger partial charge is 0.342 e. The van der Waals surface area contributed by atoms with E-state index in [-0.39, 0.29) is 5.75 Å². The molecule has 0 bridgehead atoms. The molecule has 0 saturated carbocycles. The van der Waals surface area contributed by atoms with Crippen LogP contribution in [-0.4, -0.2) is 11.1 Å². The highest BCUT2D eigenvalue weighted by Crippen LogP contribution is 2.10. The molecule has 3 nitrogen and oxygen atoms in total. The van der Waals surface area contributed by atoms with E-state index in [1.54, 1.807) is 13.0 Å². The number of carbonyl (C=O) groups excluding carboxylic acids is 1. The molecule has 0 spiro atoms. The topological polar surface area (TPSA) is 46.5 Å². The molecule has 15 heavy (non-hydrogen) atoms. The quantitative estimate of drug-likeness (QED) is 0.467. The van der Waals surface area contributed by atoms with E-state index < -0.39 is 5.97 Å². The lowest BCUT2D eigenvalue weighted by Crippen LogP contribution is -2.00. The van der Waals surface area contributed by atoms with Crippen molar-refractivity contribution in [1.82, 2.24) is 0 Å². The van der Waals surface area contributed by atoms with Gasteiger partial charge in [-0.25, -0.2) is 4.79 Å². The summed E-state index contributed by atoms with van der Waals surface area (Å²) in [7, 11) is 0. The van der Waals surface area contributed by atoms with Crippen molar-refractivity contribution in [1.29, 1.82) is 0 Å². The molecular weight excluding hydrogens is 192 g/mol. The second-order valence-electron chi connectivity index (χ2n) is 3.02. The zero-order chi connectivity index (χ0) is 11.3. The summed E-state index contributed by atoms with van der Waals surface area (Å²) in [5.41, 5.74) is 1.16. The number of rotatable bonds is 3. The number of benzene rings is 1. The number of hydrogen-bond acceptors (Lipinski definition) is 3. The standard InChI is InChI=1S/C12H12O3/c1-3-9(2)8-15-12(14)10-4-6-11(13)7-5-10/h3-8,13H,1H2,2H3. The molecular formula is C12H12O3. The summed E-state index contributed by atoms with van der Waals surface area (Å²) in [6, 6.07) is 5.85. The molecule has 1 aromatic carbocycles. The van der Waals surface area contributed by atoms with Crippen LogP contribution in [0.4, 0.5) is 0 Å². The fraction of sp³-hybridized carbons (Fsp3) is 0.0833. The minimum absolute atomic E-state index is 0.115. The number of carbonyl (C=O) groups is 1. The van der Waals surface area contributed by atoms with Gasteiger partial charge in [-0.3, -0.25) is 0 Å². The predicted molar refractivity (Wildman–Crippen MR) is 57.5 cm³/mol. The van der Waals surface area contributed by atoms with Gasteiger partial charge in [-0.2, -0.15) is 0 Å². The fourth-order valence-electron chi connectivity index (χ4n) is 0.860. The molecule has 0 unspecified atom stereocenters. The zero-order valence-corrected chi connectivity index (χ0v) is 8.43. The van der Waals surface area contributed by atoms with E-state index in [1.165, 1.54) is 30.5 Å². The van der Waals surface area contributed by atoms with Gasteiger partial charge in [0.2, 0.25) is 0 Å². The molecule has 0 aliphatic heterocycles. The average Bonchev–Trinajstić information content (AvgIpc) is 2.26. The van der Waals surface area contributed by atoms with E-state index >= 15 is 0 Å². The third-order valence-corrected chi connectivity index (χ3v) is 1.78. The monoisotopic (exact) mass is 204 g/mol. The van der Waals surface area contributed by atoms with E-state index in [0.29, 0.717) is 5.56 Å². The first kappa shape index (κ1) is 11.0. The summed E-state index contributed by atoms with van der Waals surface area (Å²) in [6.07, 6.45) is 2.92. The summed E-state index contributed by atoms with van der Waals surface area (Å²) in [5, 5.41) is 9.02. The molecule has 0 heterocycles. The minimum Gasteiger partial charge on any atom is -0.508 e. The molecule has 0 saturated heterocycles. The first-order valence-electron chi connectivity index (χ1n) is 4.42. The van der Waals surface area contributed by atoms with E-state index in [1.807, 2.05) is 0 Å². The molecule has 1 rings (SSSR count). The van der Waals surface area contributed by atoms with Crippen LogP contribution in [0.25, 0.3) is 0 Å².